The molecule has 0 radical (unpaired) electrons. The minimum absolute atomic E-state index is 0.116. The van der Waals surface area contributed by atoms with Crippen LogP contribution < -0.4 is 10.1 Å². The summed E-state index contributed by atoms with van der Waals surface area (Å²) in [6, 6.07) is 8.64. The highest BCUT2D eigenvalue weighted by molar-refractivity contribution is 5.78. The Hall–Kier alpha value is -2.28. The van der Waals surface area contributed by atoms with Gasteiger partial charge in [0.2, 0.25) is 0 Å². The van der Waals surface area contributed by atoms with Gasteiger partial charge in [-0.25, -0.2) is 4.79 Å². The van der Waals surface area contributed by atoms with Gasteiger partial charge in [0.1, 0.15) is 5.75 Å². The molecule has 1 aromatic rings. The fraction of sp³-hybridized carbons (Fsp3) is 0.500. The number of aliphatic hydroxyl groups is 1. The van der Waals surface area contributed by atoms with Crippen LogP contribution in [-0.4, -0.2) is 60.5 Å². The third-order valence-electron chi connectivity index (χ3n) is 3.57. The number of ether oxygens (including phenoxy) is 2. The lowest BCUT2D eigenvalue weighted by atomic mass is 10.0. The molecule has 0 aliphatic carbocycles. The van der Waals surface area contributed by atoms with Gasteiger partial charge >= 0.3 is 6.09 Å². The molecular weight excluding hydrogens is 300 g/mol. The van der Waals surface area contributed by atoms with E-state index < -0.39 is 18.2 Å². The summed E-state index contributed by atoms with van der Waals surface area (Å²) in [5, 5.41) is 12.8. The van der Waals surface area contributed by atoms with Crippen LogP contribution >= 0.6 is 0 Å². The number of nitrogens with one attached hydrogen (secondary N) is 1. The summed E-state index contributed by atoms with van der Waals surface area (Å²) in [6.45, 7) is 2.48. The number of likely N-dealkylation sites (tertiary alicyclic amines) is 1. The van der Waals surface area contributed by atoms with E-state index in [0.29, 0.717) is 25.3 Å². The standard InChI is InChI=1S/C16H22N2O5/c1-2-22-16(21)18-9-8-13(14(19)10-18)17-15(20)11-23-12-6-4-3-5-7-12/h3-7,13-14,19H,2,8-11H2,1H3,(H,17,20). The zero-order valence-electron chi connectivity index (χ0n) is 13.1. The van der Waals surface area contributed by atoms with Crippen molar-refractivity contribution in [2.24, 2.45) is 0 Å². The smallest absolute Gasteiger partial charge is 0.409 e. The van der Waals surface area contributed by atoms with E-state index in [1.165, 1.54) is 4.90 Å². The summed E-state index contributed by atoms with van der Waals surface area (Å²) in [5.41, 5.74) is 0. The molecule has 1 saturated heterocycles. The molecule has 0 bridgehead atoms. The topological polar surface area (TPSA) is 88.1 Å². The Balaban J connectivity index is 1.75. The molecule has 1 aromatic carbocycles. The van der Waals surface area contributed by atoms with E-state index in [9.17, 15) is 14.7 Å². The van der Waals surface area contributed by atoms with Crippen molar-refractivity contribution in [1.29, 1.82) is 0 Å². The van der Waals surface area contributed by atoms with Crippen LogP contribution in [0.25, 0.3) is 0 Å². The normalized spacial score (nSPS) is 20.7. The van der Waals surface area contributed by atoms with Crippen LogP contribution in [0.5, 0.6) is 5.75 Å². The fourth-order valence-electron chi connectivity index (χ4n) is 2.39. The van der Waals surface area contributed by atoms with Gasteiger partial charge in [0.05, 0.1) is 25.3 Å². The Bertz CT molecular complexity index is 522. The third-order valence-corrected chi connectivity index (χ3v) is 3.57. The summed E-state index contributed by atoms with van der Waals surface area (Å²) >= 11 is 0. The molecule has 2 unspecified atom stereocenters. The van der Waals surface area contributed by atoms with E-state index in [2.05, 4.69) is 5.32 Å². The lowest BCUT2D eigenvalue weighted by Gasteiger charge is -2.35. The number of β-amino-alcohol motifs (C(OH)–C–C–N with tert-alkyl or cyclic N) is 1. The van der Waals surface area contributed by atoms with Crippen molar-refractivity contribution in [3.63, 3.8) is 0 Å². The quantitative estimate of drug-likeness (QED) is 0.836. The first kappa shape index (κ1) is 17.1. The number of piperidine rings is 1. The summed E-state index contributed by atoms with van der Waals surface area (Å²) in [6.07, 6.45) is -0.797. The first-order chi connectivity index (χ1) is 11.1. The van der Waals surface area contributed by atoms with Crippen molar-refractivity contribution < 1.29 is 24.2 Å². The van der Waals surface area contributed by atoms with Crippen LogP contribution in [0.1, 0.15) is 13.3 Å². The Morgan fingerprint density at radius 3 is 2.74 bits per heavy atom. The molecule has 1 fully saturated rings. The van der Waals surface area contributed by atoms with Crippen molar-refractivity contribution in [3.05, 3.63) is 30.3 Å². The number of benzene rings is 1. The predicted molar refractivity (Wildman–Crippen MR) is 83.1 cm³/mol. The number of carbonyl (C=O) groups excluding carboxylic acids is 2. The van der Waals surface area contributed by atoms with Gasteiger partial charge in [0.25, 0.3) is 5.91 Å². The maximum atomic E-state index is 11.9. The van der Waals surface area contributed by atoms with Crippen molar-refractivity contribution in [3.8, 4) is 5.75 Å². The van der Waals surface area contributed by atoms with Gasteiger partial charge in [-0.05, 0) is 25.5 Å². The molecule has 2 N–H and O–H groups in total. The molecule has 7 nitrogen and oxygen atoms in total. The van der Waals surface area contributed by atoms with Gasteiger partial charge in [-0.15, -0.1) is 0 Å². The SMILES string of the molecule is CCOC(=O)N1CCC(NC(=O)COc2ccccc2)C(O)C1. The maximum absolute atomic E-state index is 11.9. The van der Waals surface area contributed by atoms with Crippen LogP contribution in [0.3, 0.4) is 0 Å². The average molecular weight is 322 g/mol. The third kappa shape index (κ3) is 5.14. The molecular formula is C16H22N2O5. The predicted octanol–water partition coefficient (Wildman–Crippen LogP) is 0.773. The molecule has 7 heteroatoms. The van der Waals surface area contributed by atoms with Crippen LogP contribution in [0.2, 0.25) is 0 Å². The Morgan fingerprint density at radius 1 is 1.35 bits per heavy atom. The highest BCUT2D eigenvalue weighted by Gasteiger charge is 2.31. The summed E-state index contributed by atoms with van der Waals surface area (Å²) in [4.78, 5) is 25.0. The molecule has 1 aliphatic heterocycles. The molecule has 0 saturated carbocycles. The fourth-order valence-corrected chi connectivity index (χ4v) is 2.39. The van der Waals surface area contributed by atoms with E-state index in [1.807, 2.05) is 18.2 Å². The highest BCUT2D eigenvalue weighted by atomic mass is 16.6. The molecule has 1 heterocycles. The first-order valence-electron chi connectivity index (χ1n) is 7.67. The molecule has 2 amide bonds. The van der Waals surface area contributed by atoms with Gasteiger partial charge in [-0.3, -0.25) is 4.79 Å². The monoisotopic (exact) mass is 322 g/mol. The number of amides is 2. The molecule has 126 valence electrons. The zero-order valence-corrected chi connectivity index (χ0v) is 13.1. The minimum Gasteiger partial charge on any atom is -0.484 e. The number of hydrogen-bond acceptors (Lipinski definition) is 5. The maximum Gasteiger partial charge on any atom is 0.409 e. The molecule has 23 heavy (non-hydrogen) atoms. The van der Waals surface area contributed by atoms with Crippen LogP contribution in [0, 0.1) is 0 Å². The van der Waals surface area contributed by atoms with Gasteiger partial charge < -0.3 is 24.8 Å². The van der Waals surface area contributed by atoms with E-state index >= 15 is 0 Å². The number of hydrogen-bond donors (Lipinski definition) is 2. The second-order valence-electron chi connectivity index (χ2n) is 5.28. The van der Waals surface area contributed by atoms with Crippen molar-refractivity contribution in [2.45, 2.75) is 25.5 Å². The molecule has 2 atom stereocenters. The number of aliphatic hydroxyl groups excluding tert-OH is 1. The second kappa shape index (κ2) is 8.38. The Labute approximate surface area is 135 Å². The number of para-hydroxylation sites is 1. The summed E-state index contributed by atoms with van der Waals surface area (Å²) < 4.78 is 10.3. The van der Waals surface area contributed by atoms with E-state index in [-0.39, 0.29) is 19.1 Å². The van der Waals surface area contributed by atoms with E-state index in [1.54, 1.807) is 19.1 Å². The summed E-state index contributed by atoms with van der Waals surface area (Å²) in [5.74, 6) is 0.308. The second-order valence-corrected chi connectivity index (χ2v) is 5.28. The van der Waals surface area contributed by atoms with Crippen molar-refractivity contribution in [2.75, 3.05) is 26.3 Å². The molecule has 2 rings (SSSR count). The number of nitrogens with zero attached hydrogens (tertiary/aromatic N) is 1. The summed E-state index contributed by atoms with van der Waals surface area (Å²) in [7, 11) is 0. The minimum atomic E-state index is -0.825. The van der Waals surface area contributed by atoms with Crippen molar-refractivity contribution >= 4 is 12.0 Å². The molecule has 1 aliphatic rings. The largest absolute Gasteiger partial charge is 0.484 e. The van der Waals surface area contributed by atoms with Crippen molar-refractivity contribution in [1.82, 2.24) is 10.2 Å². The lowest BCUT2D eigenvalue weighted by Crippen LogP contribution is -2.56. The molecule has 0 aromatic heterocycles. The van der Waals surface area contributed by atoms with Crippen LogP contribution in [0.15, 0.2) is 30.3 Å². The highest BCUT2D eigenvalue weighted by Crippen LogP contribution is 2.13. The van der Waals surface area contributed by atoms with Gasteiger partial charge in [-0.2, -0.15) is 0 Å². The molecule has 0 spiro atoms. The zero-order chi connectivity index (χ0) is 16.7. The first-order valence-corrected chi connectivity index (χ1v) is 7.67. The van der Waals surface area contributed by atoms with Gasteiger partial charge in [0, 0.05) is 6.54 Å². The lowest BCUT2D eigenvalue weighted by molar-refractivity contribution is -0.125. The van der Waals surface area contributed by atoms with E-state index in [0.717, 1.165) is 0 Å². The van der Waals surface area contributed by atoms with E-state index in [4.69, 9.17) is 9.47 Å². The Kier molecular flexibility index (Phi) is 6.22. The average Bonchev–Trinajstić information content (AvgIpc) is 2.56. The Morgan fingerprint density at radius 2 is 2.09 bits per heavy atom. The van der Waals surface area contributed by atoms with Gasteiger partial charge in [0.15, 0.2) is 6.61 Å². The van der Waals surface area contributed by atoms with Crippen LogP contribution in [0.4, 0.5) is 4.79 Å². The van der Waals surface area contributed by atoms with Gasteiger partial charge in [-0.1, -0.05) is 18.2 Å². The number of carbonyl (C=O) groups is 2. The van der Waals surface area contributed by atoms with Crippen LogP contribution in [-0.2, 0) is 9.53 Å². The number of rotatable bonds is 5.